The third-order valence-corrected chi connectivity index (χ3v) is 3.76. The summed E-state index contributed by atoms with van der Waals surface area (Å²) in [7, 11) is 0. The first-order chi connectivity index (χ1) is 9.48. The third kappa shape index (κ3) is 4.31. The van der Waals surface area contributed by atoms with Crippen molar-refractivity contribution in [3.63, 3.8) is 0 Å². The second-order valence-electron chi connectivity index (χ2n) is 7.73. The number of aliphatic imine (C=N–C) groups is 1. The maximum absolute atomic E-state index is 10.5. The molecule has 0 unspecified atom stereocenters. The highest BCUT2D eigenvalue weighted by Gasteiger charge is 2.25. The van der Waals surface area contributed by atoms with Crippen LogP contribution in [0.1, 0.15) is 59.6 Å². The number of benzene rings is 1. The molecule has 0 amide bonds. The topological polar surface area (TPSA) is 52.8 Å². The molecule has 0 aliphatic carbocycles. The van der Waals surface area contributed by atoms with Crippen molar-refractivity contribution in [3.05, 3.63) is 29.3 Å². The first-order valence-electron chi connectivity index (χ1n) is 7.46. The summed E-state index contributed by atoms with van der Waals surface area (Å²) in [6.07, 6.45) is 0. The van der Waals surface area contributed by atoms with Gasteiger partial charge in [-0.25, -0.2) is 0 Å². The van der Waals surface area contributed by atoms with E-state index in [1.54, 1.807) is 0 Å². The molecule has 0 aliphatic rings. The van der Waals surface area contributed by atoms with Crippen LogP contribution in [0.25, 0.3) is 0 Å². The highest BCUT2D eigenvalue weighted by Crippen LogP contribution is 2.33. The van der Waals surface area contributed by atoms with Gasteiger partial charge < -0.3 is 10.2 Å². The predicted octanol–water partition coefficient (Wildman–Crippen LogP) is 3.91. The van der Waals surface area contributed by atoms with Gasteiger partial charge >= 0.3 is 0 Å². The molecule has 3 nitrogen and oxygen atoms in total. The van der Waals surface area contributed by atoms with E-state index in [2.05, 4.69) is 46.5 Å². The number of phenols is 1. The second kappa shape index (κ2) is 6.18. The molecule has 0 aromatic heterocycles. The van der Waals surface area contributed by atoms with E-state index in [1.165, 1.54) is 0 Å². The first kappa shape index (κ1) is 17.7. The largest absolute Gasteiger partial charge is 0.507 e. The summed E-state index contributed by atoms with van der Waals surface area (Å²) >= 11 is 0. The monoisotopic (exact) mass is 291 g/mol. The first-order valence-corrected chi connectivity index (χ1v) is 7.46. The Labute approximate surface area is 128 Å². The van der Waals surface area contributed by atoms with Gasteiger partial charge in [-0.3, -0.25) is 4.99 Å². The molecule has 1 aromatic rings. The number of rotatable bonds is 3. The summed E-state index contributed by atoms with van der Waals surface area (Å²) in [5.41, 5.74) is 2.16. The van der Waals surface area contributed by atoms with Gasteiger partial charge in [-0.1, -0.05) is 53.7 Å². The van der Waals surface area contributed by atoms with E-state index >= 15 is 0 Å². The van der Waals surface area contributed by atoms with E-state index in [-0.39, 0.29) is 29.2 Å². The third-order valence-electron chi connectivity index (χ3n) is 3.76. The zero-order valence-corrected chi connectivity index (χ0v) is 14.4. The van der Waals surface area contributed by atoms with Crippen LogP contribution >= 0.6 is 0 Å². The average Bonchev–Trinajstić information content (AvgIpc) is 2.32. The summed E-state index contributed by atoms with van der Waals surface area (Å²) in [5, 5.41) is 20.1. The summed E-state index contributed by atoms with van der Waals surface area (Å²) in [4.78, 5) is 4.63. The second-order valence-corrected chi connectivity index (χ2v) is 7.73. The standard InChI is InChI=1S/C18H29NO2/c1-12(19-15(11-20)18(5,6)7)13-9-8-10-14(16(13)21)17(2,3)4/h8-10,15,20-21H,11H2,1-7H3/t15-/m1/s1. The van der Waals surface area contributed by atoms with Crippen molar-refractivity contribution in [2.45, 2.75) is 59.9 Å². The van der Waals surface area contributed by atoms with Crippen molar-refractivity contribution in [1.29, 1.82) is 0 Å². The molecule has 3 heteroatoms. The number of para-hydroxylation sites is 1. The molecular formula is C18H29NO2. The predicted molar refractivity (Wildman–Crippen MR) is 89.3 cm³/mol. The summed E-state index contributed by atoms with van der Waals surface area (Å²) in [5.74, 6) is 0.289. The lowest BCUT2D eigenvalue weighted by molar-refractivity contribution is 0.190. The molecule has 1 aromatic carbocycles. The molecule has 118 valence electrons. The van der Waals surface area contributed by atoms with Crippen molar-refractivity contribution in [2.75, 3.05) is 6.61 Å². The van der Waals surface area contributed by atoms with E-state index in [0.29, 0.717) is 0 Å². The SMILES string of the molecule is CC(=N[C@H](CO)C(C)(C)C)c1cccc(C(C)(C)C)c1O. The highest BCUT2D eigenvalue weighted by atomic mass is 16.3. The lowest BCUT2D eigenvalue weighted by Crippen LogP contribution is -2.29. The Balaban J connectivity index is 3.28. The Hall–Kier alpha value is -1.35. The van der Waals surface area contributed by atoms with Crippen LogP contribution in [0, 0.1) is 5.41 Å². The van der Waals surface area contributed by atoms with Gasteiger partial charge in [0.05, 0.1) is 12.6 Å². The van der Waals surface area contributed by atoms with Gasteiger partial charge in [0.2, 0.25) is 0 Å². The van der Waals surface area contributed by atoms with Crippen LogP contribution in [-0.4, -0.2) is 28.6 Å². The van der Waals surface area contributed by atoms with E-state index in [1.807, 2.05) is 25.1 Å². The van der Waals surface area contributed by atoms with E-state index < -0.39 is 0 Å². The minimum absolute atomic E-state index is 0.000559. The summed E-state index contributed by atoms with van der Waals surface area (Å²) in [6.45, 7) is 14.3. The van der Waals surface area contributed by atoms with Gasteiger partial charge in [-0.15, -0.1) is 0 Å². The molecule has 2 N–H and O–H groups in total. The highest BCUT2D eigenvalue weighted by molar-refractivity contribution is 6.01. The molecule has 0 radical (unpaired) electrons. The van der Waals surface area contributed by atoms with Crippen LogP contribution in [0.3, 0.4) is 0 Å². The lowest BCUT2D eigenvalue weighted by atomic mass is 9.84. The number of nitrogens with zero attached hydrogens (tertiary/aromatic N) is 1. The molecule has 0 aliphatic heterocycles. The van der Waals surface area contributed by atoms with Crippen LogP contribution in [-0.2, 0) is 5.41 Å². The molecule has 1 rings (SSSR count). The summed E-state index contributed by atoms with van der Waals surface area (Å²) in [6, 6.07) is 5.58. The molecule has 0 fully saturated rings. The molecule has 0 saturated heterocycles. The fourth-order valence-electron chi connectivity index (χ4n) is 2.25. The smallest absolute Gasteiger partial charge is 0.128 e. The molecule has 0 saturated carbocycles. The molecule has 21 heavy (non-hydrogen) atoms. The molecule has 1 atom stereocenters. The van der Waals surface area contributed by atoms with Crippen molar-refractivity contribution in [2.24, 2.45) is 10.4 Å². The number of aromatic hydroxyl groups is 1. The van der Waals surface area contributed by atoms with E-state index in [4.69, 9.17) is 0 Å². The number of aliphatic hydroxyl groups excluding tert-OH is 1. The minimum Gasteiger partial charge on any atom is -0.507 e. The normalized spacial score (nSPS) is 15.1. The maximum atomic E-state index is 10.5. The molecule has 0 heterocycles. The molecule has 0 spiro atoms. The maximum Gasteiger partial charge on any atom is 0.128 e. The fourth-order valence-corrected chi connectivity index (χ4v) is 2.25. The van der Waals surface area contributed by atoms with Crippen molar-refractivity contribution in [1.82, 2.24) is 0 Å². The van der Waals surface area contributed by atoms with E-state index in [0.717, 1.165) is 16.8 Å². The van der Waals surface area contributed by atoms with Gasteiger partial charge in [0.1, 0.15) is 5.75 Å². The number of hydrogen-bond acceptors (Lipinski definition) is 3. The van der Waals surface area contributed by atoms with Crippen LogP contribution in [0.15, 0.2) is 23.2 Å². The van der Waals surface area contributed by atoms with Crippen LogP contribution in [0.2, 0.25) is 0 Å². The quantitative estimate of drug-likeness (QED) is 0.830. The minimum atomic E-state index is -0.185. The van der Waals surface area contributed by atoms with Crippen LogP contribution in [0.5, 0.6) is 5.75 Å². The van der Waals surface area contributed by atoms with E-state index in [9.17, 15) is 10.2 Å². The Bertz CT molecular complexity index is 519. The van der Waals surface area contributed by atoms with Crippen molar-refractivity contribution < 1.29 is 10.2 Å². The van der Waals surface area contributed by atoms with Gasteiger partial charge in [-0.2, -0.15) is 0 Å². The zero-order valence-electron chi connectivity index (χ0n) is 14.4. The lowest BCUT2D eigenvalue weighted by Gasteiger charge is -2.27. The van der Waals surface area contributed by atoms with Crippen molar-refractivity contribution in [3.8, 4) is 5.75 Å². The fraction of sp³-hybridized carbons (Fsp3) is 0.611. The average molecular weight is 291 g/mol. The van der Waals surface area contributed by atoms with Gasteiger partial charge in [0.15, 0.2) is 0 Å². The van der Waals surface area contributed by atoms with Gasteiger partial charge in [0, 0.05) is 11.3 Å². The summed E-state index contributed by atoms with van der Waals surface area (Å²) < 4.78 is 0. The number of hydrogen-bond donors (Lipinski definition) is 2. The van der Waals surface area contributed by atoms with Gasteiger partial charge in [0.25, 0.3) is 0 Å². The number of aliphatic hydroxyl groups is 1. The Morgan fingerprint density at radius 3 is 2.14 bits per heavy atom. The number of phenolic OH excluding ortho intramolecular Hbond substituents is 1. The molecule has 0 bridgehead atoms. The zero-order chi connectivity index (χ0) is 16.4. The van der Waals surface area contributed by atoms with Crippen LogP contribution < -0.4 is 0 Å². The Morgan fingerprint density at radius 1 is 1.14 bits per heavy atom. The molecular weight excluding hydrogens is 262 g/mol. The van der Waals surface area contributed by atoms with Crippen LogP contribution in [0.4, 0.5) is 0 Å². The Kier molecular flexibility index (Phi) is 5.21. The van der Waals surface area contributed by atoms with Gasteiger partial charge in [-0.05, 0) is 29.4 Å². The van der Waals surface area contributed by atoms with Crippen molar-refractivity contribution >= 4 is 5.71 Å². The Morgan fingerprint density at radius 2 is 1.71 bits per heavy atom.